The second kappa shape index (κ2) is 8.74. The topological polar surface area (TPSA) is 136 Å². The third-order valence-corrected chi connectivity index (χ3v) is 6.61. The third-order valence-electron chi connectivity index (χ3n) is 5.11. The number of benzene rings is 1. The molecule has 28 heavy (non-hydrogen) atoms. The fraction of sp³-hybridized carbons (Fsp3) is 0.421. The van der Waals surface area contributed by atoms with Gasteiger partial charge in [0.2, 0.25) is 5.91 Å². The minimum atomic E-state index is -1.53. The molecule has 9 heteroatoms. The van der Waals surface area contributed by atoms with E-state index in [0.717, 1.165) is 11.8 Å². The zero-order valence-corrected chi connectivity index (χ0v) is 16.5. The van der Waals surface area contributed by atoms with Crippen LogP contribution in [0.15, 0.2) is 34.7 Å². The highest BCUT2D eigenvalue weighted by Gasteiger charge is 2.54. The summed E-state index contributed by atoms with van der Waals surface area (Å²) in [4.78, 5) is 37.0. The fourth-order valence-corrected chi connectivity index (χ4v) is 5.01. The first-order valence-corrected chi connectivity index (χ1v) is 9.74. The molecular formula is C19H24FN3O4S. The quantitative estimate of drug-likeness (QED) is 0.516. The summed E-state index contributed by atoms with van der Waals surface area (Å²) in [5, 5.41) is 11.8. The van der Waals surface area contributed by atoms with E-state index in [0.29, 0.717) is 17.6 Å². The maximum Gasteiger partial charge on any atom is 0.316 e. The summed E-state index contributed by atoms with van der Waals surface area (Å²) < 4.78 is 13.2. The molecule has 1 aliphatic rings. The van der Waals surface area contributed by atoms with Gasteiger partial charge >= 0.3 is 5.97 Å². The highest BCUT2D eigenvalue weighted by molar-refractivity contribution is 8.05. The number of carbonyl (C=O) groups is 3. The van der Waals surface area contributed by atoms with Gasteiger partial charge in [0.25, 0.3) is 5.91 Å². The average molecular weight is 409 g/mol. The molecule has 0 spiro atoms. The van der Waals surface area contributed by atoms with Crippen molar-refractivity contribution in [2.75, 3.05) is 6.54 Å². The Balaban J connectivity index is 2.36. The van der Waals surface area contributed by atoms with Crippen LogP contribution in [-0.2, 0) is 14.4 Å². The number of hydrogen-bond acceptors (Lipinski definition) is 5. The zero-order chi connectivity index (χ0) is 21.1. The van der Waals surface area contributed by atoms with E-state index in [2.05, 4.69) is 5.32 Å². The molecule has 0 fully saturated rings. The number of primary amides is 1. The van der Waals surface area contributed by atoms with Gasteiger partial charge in [-0.2, -0.15) is 0 Å². The lowest BCUT2D eigenvalue weighted by atomic mass is 9.77. The lowest BCUT2D eigenvalue weighted by Crippen LogP contribution is -2.50. The molecule has 2 rings (SSSR count). The number of rotatable bonds is 8. The van der Waals surface area contributed by atoms with Gasteiger partial charge in [-0.15, -0.1) is 0 Å². The molecule has 1 heterocycles. The van der Waals surface area contributed by atoms with Crippen LogP contribution in [0.2, 0.25) is 0 Å². The summed E-state index contributed by atoms with van der Waals surface area (Å²) in [7, 11) is 0. The van der Waals surface area contributed by atoms with E-state index in [1.165, 1.54) is 31.2 Å². The number of amides is 2. The molecule has 152 valence electrons. The van der Waals surface area contributed by atoms with Crippen molar-refractivity contribution >= 4 is 29.5 Å². The van der Waals surface area contributed by atoms with Crippen LogP contribution < -0.4 is 16.8 Å². The van der Waals surface area contributed by atoms with E-state index in [1.54, 1.807) is 6.92 Å². The molecule has 3 atom stereocenters. The number of nitrogens with one attached hydrogen (secondary N) is 1. The van der Waals surface area contributed by atoms with E-state index < -0.39 is 40.3 Å². The van der Waals surface area contributed by atoms with Crippen molar-refractivity contribution in [2.24, 2.45) is 16.9 Å². The Hall–Kier alpha value is -2.39. The summed E-state index contributed by atoms with van der Waals surface area (Å²) in [5.41, 5.74) is 10.4. The monoisotopic (exact) mass is 409 g/mol. The van der Waals surface area contributed by atoms with Crippen molar-refractivity contribution < 1.29 is 23.9 Å². The van der Waals surface area contributed by atoms with E-state index in [1.807, 2.05) is 0 Å². The second-order valence-corrected chi connectivity index (χ2v) is 7.77. The predicted octanol–water partition coefficient (Wildman–Crippen LogP) is 1.69. The Morgan fingerprint density at radius 2 is 1.93 bits per heavy atom. The molecule has 1 aliphatic heterocycles. The van der Waals surface area contributed by atoms with E-state index in [-0.39, 0.29) is 17.9 Å². The van der Waals surface area contributed by atoms with Gasteiger partial charge in [0.05, 0.1) is 16.2 Å². The van der Waals surface area contributed by atoms with Crippen LogP contribution in [0.4, 0.5) is 4.39 Å². The molecule has 0 aliphatic carbocycles. The lowest BCUT2D eigenvalue weighted by Gasteiger charge is -2.33. The van der Waals surface area contributed by atoms with Gasteiger partial charge in [-0.25, -0.2) is 4.39 Å². The number of carboxylic acid groups (broad SMARTS) is 1. The Bertz CT molecular complexity index is 812. The SMILES string of the molecule is CCC(C(=O)NC1SC(C(N)=O)=C(C)C1(CCN)C(=O)O)c1ccc(F)cc1. The van der Waals surface area contributed by atoms with Crippen molar-refractivity contribution in [3.8, 4) is 0 Å². The Morgan fingerprint density at radius 1 is 1.32 bits per heavy atom. The number of halogens is 1. The molecule has 0 aromatic heterocycles. The third kappa shape index (κ3) is 3.90. The summed E-state index contributed by atoms with van der Waals surface area (Å²) in [6.07, 6.45) is 0.469. The molecule has 7 nitrogen and oxygen atoms in total. The number of carbonyl (C=O) groups excluding carboxylic acids is 2. The van der Waals surface area contributed by atoms with Crippen molar-refractivity contribution in [3.05, 3.63) is 46.1 Å². The van der Waals surface area contributed by atoms with Crippen molar-refractivity contribution in [2.45, 2.75) is 38.0 Å². The molecule has 6 N–H and O–H groups in total. The molecule has 1 aromatic carbocycles. The molecule has 3 unspecified atom stereocenters. The summed E-state index contributed by atoms with van der Waals surface area (Å²) in [5.74, 6) is -3.34. The van der Waals surface area contributed by atoms with Crippen molar-refractivity contribution in [1.29, 1.82) is 0 Å². The highest BCUT2D eigenvalue weighted by atomic mass is 32.2. The molecule has 0 saturated carbocycles. The van der Waals surface area contributed by atoms with Crippen LogP contribution in [0.1, 0.15) is 38.2 Å². The van der Waals surface area contributed by atoms with Gasteiger partial charge in [-0.05, 0) is 49.6 Å². The van der Waals surface area contributed by atoms with E-state index in [9.17, 15) is 23.9 Å². The van der Waals surface area contributed by atoms with Gasteiger partial charge in [-0.3, -0.25) is 14.4 Å². The van der Waals surface area contributed by atoms with Crippen LogP contribution in [0.3, 0.4) is 0 Å². The molecule has 0 bridgehead atoms. The van der Waals surface area contributed by atoms with E-state index >= 15 is 0 Å². The fourth-order valence-electron chi connectivity index (χ4n) is 3.52. The summed E-state index contributed by atoms with van der Waals surface area (Å²) in [6, 6.07) is 5.58. The highest BCUT2D eigenvalue weighted by Crippen LogP contribution is 2.51. The van der Waals surface area contributed by atoms with Crippen LogP contribution in [0, 0.1) is 11.2 Å². The maximum absolute atomic E-state index is 13.2. The second-order valence-electron chi connectivity index (χ2n) is 6.65. The number of hydrogen-bond donors (Lipinski definition) is 4. The number of carboxylic acids is 1. The first-order chi connectivity index (χ1) is 13.2. The molecule has 0 radical (unpaired) electrons. The van der Waals surface area contributed by atoms with Gasteiger partial charge in [0.1, 0.15) is 11.2 Å². The Labute approximate surface area is 166 Å². The largest absolute Gasteiger partial charge is 0.481 e. The molecular weight excluding hydrogens is 385 g/mol. The van der Waals surface area contributed by atoms with Gasteiger partial charge in [-0.1, -0.05) is 30.8 Å². The van der Waals surface area contributed by atoms with Crippen molar-refractivity contribution in [3.63, 3.8) is 0 Å². The standard InChI is InChI=1S/C19H24FN3O4S/c1-3-13(11-4-6-12(20)7-5-11)16(25)23-17-19(8-9-21,18(26)27)10(2)14(28-17)15(22)24/h4-7,13,17H,3,8-9,21H2,1-2H3,(H2,22,24)(H,23,25)(H,26,27). The van der Waals surface area contributed by atoms with Crippen molar-refractivity contribution in [1.82, 2.24) is 5.32 Å². The smallest absolute Gasteiger partial charge is 0.316 e. The number of aliphatic carboxylic acids is 1. The molecule has 2 amide bonds. The lowest BCUT2D eigenvalue weighted by molar-refractivity contribution is -0.147. The van der Waals surface area contributed by atoms with Crippen LogP contribution in [0.5, 0.6) is 0 Å². The summed E-state index contributed by atoms with van der Waals surface area (Å²) >= 11 is 0.933. The van der Waals surface area contributed by atoms with Crippen LogP contribution >= 0.6 is 11.8 Å². The van der Waals surface area contributed by atoms with Gasteiger partial charge in [0, 0.05) is 0 Å². The molecule has 0 saturated heterocycles. The number of nitrogens with two attached hydrogens (primary N) is 2. The van der Waals surface area contributed by atoms with E-state index in [4.69, 9.17) is 11.5 Å². The predicted molar refractivity (Wildman–Crippen MR) is 105 cm³/mol. The Kier molecular flexibility index (Phi) is 6.84. The Morgan fingerprint density at radius 3 is 2.39 bits per heavy atom. The van der Waals surface area contributed by atoms with Crippen LogP contribution in [-0.4, -0.2) is 34.8 Å². The maximum atomic E-state index is 13.2. The minimum Gasteiger partial charge on any atom is -0.481 e. The summed E-state index contributed by atoms with van der Waals surface area (Å²) in [6.45, 7) is 3.39. The van der Waals surface area contributed by atoms with Gasteiger partial charge < -0.3 is 21.9 Å². The zero-order valence-electron chi connectivity index (χ0n) is 15.7. The minimum absolute atomic E-state index is 0.0379. The van der Waals surface area contributed by atoms with Crippen LogP contribution in [0.25, 0.3) is 0 Å². The first-order valence-electron chi connectivity index (χ1n) is 8.86. The molecule has 1 aromatic rings. The first kappa shape index (κ1) is 21.9. The average Bonchev–Trinajstić information content (AvgIpc) is 2.91. The number of thioether (sulfide) groups is 1. The van der Waals surface area contributed by atoms with Gasteiger partial charge in [0.15, 0.2) is 0 Å². The normalized spacial score (nSPS) is 22.8.